The van der Waals surface area contributed by atoms with E-state index in [1.54, 1.807) is 12.1 Å². The van der Waals surface area contributed by atoms with Crippen LogP contribution >= 0.6 is 11.6 Å². The molecule has 1 aromatic carbocycles. The standard InChI is InChI=1S/C16H21ClN2O4/c1-9(2)6-13(16(22)23)19-14(20)8-18-15(21)11-5-4-10(3)12(17)7-11/h4-5,7,9,13H,6,8H2,1-3H3,(H,18,21)(H,19,20)(H,22,23)/t13-/m0/s1. The Labute approximate surface area is 140 Å². The van der Waals surface area contributed by atoms with Crippen LogP contribution < -0.4 is 10.6 Å². The Morgan fingerprint density at radius 3 is 2.43 bits per heavy atom. The molecule has 0 saturated carbocycles. The summed E-state index contributed by atoms with van der Waals surface area (Å²) < 4.78 is 0. The molecular weight excluding hydrogens is 320 g/mol. The van der Waals surface area contributed by atoms with E-state index in [1.807, 2.05) is 20.8 Å². The lowest BCUT2D eigenvalue weighted by Crippen LogP contribution is -2.46. The van der Waals surface area contributed by atoms with Gasteiger partial charge >= 0.3 is 5.97 Å². The van der Waals surface area contributed by atoms with Gasteiger partial charge in [-0.25, -0.2) is 4.79 Å². The molecule has 3 N–H and O–H groups in total. The maximum atomic E-state index is 11.9. The molecule has 23 heavy (non-hydrogen) atoms. The van der Waals surface area contributed by atoms with Crippen LogP contribution in [0.25, 0.3) is 0 Å². The summed E-state index contributed by atoms with van der Waals surface area (Å²) in [6, 6.07) is 3.87. The van der Waals surface area contributed by atoms with Gasteiger partial charge in [0.2, 0.25) is 5.91 Å². The average molecular weight is 341 g/mol. The van der Waals surface area contributed by atoms with Crippen molar-refractivity contribution in [3.63, 3.8) is 0 Å². The fourth-order valence-corrected chi connectivity index (χ4v) is 2.12. The van der Waals surface area contributed by atoms with Gasteiger partial charge in [-0.1, -0.05) is 31.5 Å². The van der Waals surface area contributed by atoms with E-state index in [1.165, 1.54) is 6.07 Å². The molecule has 2 amide bonds. The number of halogens is 1. The first-order valence-corrected chi connectivity index (χ1v) is 7.65. The van der Waals surface area contributed by atoms with Crippen molar-refractivity contribution in [3.05, 3.63) is 34.3 Å². The monoisotopic (exact) mass is 340 g/mol. The lowest BCUT2D eigenvalue weighted by molar-refractivity contribution is -0.142. The van der Waals surface area contributed by atoms with Crippen LogP contribution in [0.1, 0.15) is 36.2 Å². The highest BCUT2D eigenvalue weighted by atomic mass is 35.5. The summed E-state index contributed by atoms with van der Waals surface area (Å²) in [5, 5.41) is 14.4. The topological polar surface area (TPSA) is 95.5 Å². The first kappa shape index (κ1) is 19.0. The van der Waals surface area contributed by atoms with Crippen molar-refractivity contribution in [2.75, 3.05) is 6.54 Å². The number of nitrogens with one attached hydrogen (secondary N) is 2. The number of aryl methyl sites for hydroxylation is 1. The number of carboxylic acid groups (broad SMARTS) is 1. The van der Waals surface area contributed by atoms with Crippen molar-refractivity contribution in [2.24, 2.45) is 5.92 Å². The summed E-state index contributed by atoms with van der Waals surface area (Å²) in [5.41, 5.74) is 1.18. The third-order valence-corrected chi connectivity index (χ3v) is 3.59. The van der Waals surface area contributed by atoms with E-state index in [2.05, 4.69) is 10.6 Å². The van der Waals surface area contributed by atoms with Gasteiger partial charge in [-0.3, -0.25) is 9.59 Å². The molecular formula is C16H21ClN2O4. The lowest BCUT2D eigenvalue weighted by atomic mass is 10.0. The molecule has 6 nitrogen and oxygen atoms in total. The van der Waals surface area contributed by atoms with E-state index in [4.69, 9.17) is 16.7 Å². The fourth-order valence-electron chi connectivity index (χ4n) is 1.93. The van der Waals surface area contributed by atoms with Gasteiger partial charge in [-0.2, -0.15) is 0 Å². The Hall–Kier alpha value is -2.08. The summed E-state index contributed by atoms with van der Waals surface area (Å²) in [7, 11) is 0. The Balaban J connectivity index is 2.56. The zero-order chi connectivity index (χ0) is 17.6. The Kier molecular flexibility index (Phi) is 7.03. The number of carbonyl (C=O) groups excluding carboxylic acids is 2. The molecule has 0 unspecified atom stereocenters. The van der Waals surface area contributed by atoms with Crippen molar-refractivity contribution < 1.29 is 19.5 Å². The average Bonchev–Trinajstić information content (AvgIpc) is 2.46. The molecule has 0 aliphatic rings. The Morgan fingerprint density at radius 2 is 1.91 bits per heavy atom. The van der Waals surface area contributed by atoms with Crippen LogP contribution in [-0.2, 0) is 9.59 Å². The highest BCUT2D eigenvalue weighted by Crippen LogP contribution is 2.16. The number of hydrogen-bond donors (Lipinski definition) is 3. The molecule has 1 atom stereocenters. The van der Waals surface area contributed by atoms with E-state index < -0.39 is 23.8 Å². The summed E-state index contributed by atoms with van der Waals surface area (Å²) in [6.45, 7) is 5.25. The molecule has 1 aromatic rings. The van der Waals surface area contributed by atoms with Gasteiger partial charge < -0.3 is 15.7 Å². The molecule has 0 aliphatic carbocycles. The maximum absolute atomic E-state index is 11.9. The zero-order valence-electron chi connectivity index (χ0n) is 13.4. The van der Waals surface area contributed by atoms with Crippen LogP contribution in [0.2, 0.25) is 5.02 Å². The van der Waals surface area contributed by atoms with Crippen molar-refractivity contribution >= 4 is 29.4 Å². The fraction of sp³-hybridized carbons (Fsp3) is 0.438. The highest BCUT2D eigenvalue weighted by molar-refractivity contribution is 6.31. The molecule has 0 aromatic heterocycles. The minimum atomic E-state index is -1.09. The predicted molar refractivity (Wildman–Crippen MR) is 87.5 cm³/mol. The summed E-state index contributed by atoms with van der Waals surface area (Å²) >= 11 is 5.95. The zero-order valence-corrected chi connectivity index (χ0v) is 14.1. The summed E-state index contributed by atoms with van der Waals surface area (Å²) in [5.74, 6) is -1.97. The van der Waals surface area contributed by atoms with Gasteiger partial charge in [0.1, 0.15) is 6.04 Å². The first-order chi connectivity index (χ1) is 10.7. The molecule has 126 valence electrons. The van der Waals surface area contributed by atoms with Crippen molar-refractivity contribution in [2.45, 2.75) is 33.2 Å². The van der Waals surface area contributed by atoms with Crippen molar-refractivity contribution in [1.82, 2.24) is 10.6 Å². The van der Waals surface area contributed by atoms with Gasteiger partial charge in [-0.05, 0) is 37.0 Å². The number of benzene rings is 1. The van der Waals surface area contributed by atoms with Crippen LogP contribution in [0.5, 0.6) is 0 Å². The van der Waals surface area contributed by atoms with E-state index in [-0.39, 0.29) is 12.5 Å². The van der Waals surface area contributed by atoms with E-state index >= 15 is 0 Å². The van der Waals surface area contributed by atoms with Crippen molar-refractivity contribution in [1.29, 1.82) is 0 Å². The third kappa shape index (κ3) is 6.28. The molecule has 1 rings (SSSR count). The van der Waals surface area contributed by atoms with Crippen LogP contribution in [0, 0.1) is 12.8 Å². The molecule has 0 saturated heterocycles. The molecule has 0 aliphatic heterocycles. The van der Waals surface area contributed by atoms with Crippen LogP contribution in [-0.4, -0.2) is 35.5 Å². The lowest BCUT2D eigenvalue weighted by Gasteiger charge is -2.16. The van der Waals surface area contributed by atoms with E-state index in [0.717, 1.165) is 5.56 Å². The molecule has 0 heterocycles. The largest absolute Gasteiger partial charge is 0.480 e. The molecule has 7 heteroatoms. The second kappa shape index (κ2) is 8.53. The Bertz CT molecular complexity index is 602. The van der Waals surface area contributed by atoms with Gasteiger partial charge in [-0.15, -0.1) is 0 Å². The van der Waals surface area contributed by atoms with Crippen molar-refractivity contribution in [3.8, 4) is 0 Å². The van der Waals surface area contributed by atoms with Gasteiger partial charge in [0, 0.05) is 10.6 Å². The smallest absolute Gasteiger partial charge is 0.326 e. The van der Waals surface area contributed by atoms with Crippen LogP contribution in [0.3, 0.4) is 0 Å². The quantitative estimate of drug-likeness (QED) is 0.707. The van der Waals surface area contributed by atoms with E-state index in [0.29, 0.717) is 17.0 Å². The number of carbonyl (C=O) groups is 3. The third-order valence-electron chi connectivity index (χ3n) is 3.18. The second-order valence-electron chi connectivity index (χ2n) is 5.73. The number of carboxylic acids is 1. The van der Waals surface area contributed by atoms with Gasteiger partial charge in [0.05, 0.1) is 6.54 Å². The minimum absolute atomic E-state index is 0.126. The number of hydrogen-bond acceptors (Lipinski definition) is 3. The number of amides is 2. The second-order valence-corrected chi connectivity index (χ2v) is 6.14. The molecule has 0 bridgehead atoms. The number of aliphatic carboxylic acids is 1. The maximum Gasteiger partial charge on any atom is 0.326 e. The molecule has 0 radical (unpaired) electrons. The Morgan fingerprint density at radius 1 is 1.26 bits per heavy atom. The van der Waals surface area contributed by atoms with Gasteiger partial charge in [0.25, 0.3) is 5.91 Å². The predicted octanol–water partition coefficient (Wildman–Crippen LogP) is 1.99. The summed E-state index contributed by atoms with van der Waals surface area (Å²) in [6.07, 6.45) is 0.322. The van der Waals surface area contributed by atoms with E-state index in [9.17, 15) is 14.4 Å². The highest BCUT2D eigenvalue weighted by Gasteiger charge is 2.21. The molecule has 0 fully saturated rings. The van der Waals surface area contributed by atoms with Crippen LogP contribution in [0.15, 0.2) is 18.2 Å². The first-order valence-electron chi connectivity index (χ1n) is 7.27. The van der Waals surface area contributed by atoms with Gasteiger partial charge in [0.15, 0.2) is 0 Å². The molecule has 0 spiro atoms. The SMILES string of the molecule is Cc1ccc(C(=O)NCC(=O)N[C@@H](CC(C)C)C(=O)O)cc1Cl. The van der Waals surface area contributed by atoms with Crippen LogP contribution in [0.4, 0.5) is 0 Å². The summed E-state index contributed by atoms with van der Waals surface area (Å²) in [4.78, 5) is 34.8. The number of rotatable bonds is 7. The normalized spacial score (nSPS) is 11.9. The minimum Gasteiger partial charge on any atom is -0.480 e.